The number of nitrogens with zero attached hydrogens (tertiary/aromatic N) is 1. The van der Waals surface area contributed by atoms with E-state index in [4.69, 9.17) is 10.1 Å². The van der Waals surface area contributed by atoms with Crippen LogP contribution in [0.25, 0.3) is 0 Å². The second-order valence-corrected chi connectivity index (χ2v) is 7.31. The standard InChI is InChI=1S/C15H21N3O3S2/c1-3-5-6-17-12(19)8-18-10-7-11(14(16)21-4-2)23-15(10)22-9-13(18)20/h7,16H,3-6,8-9H2,1-2H3,(H,17,19). The van der Waals surface area contributed by atoms with E-state index in [0.717, 1.165) is 17.1 Å². The van der Waals surface area contributed by atoms with E-state index in [-0.39, 0.29) is 24.3 Å². The molecule has 0 aromatic carbocycles. The lowest BCUT2D eigenvalue weighted by Gasteiger charge is -2.25. The quantitative estimate of drug-likeness (QED) is 0.447. The van der Waals surface area contributed by atoms with Crippen LogP contribution in [0.5, 0.6) is 0 Å². The molecule has 1 aliphatic rings. The molecule has 0 spiro atoms. The molecule has 1 aliphatic heterocycles. The molecule has 126 valence electrons. The monoisotopic (exact) mass is 355 g/mol. The van der Waals surface area contributed by atoms with Gasteiger partial charge >= 0.3 is 0 Å². The summed E-state index contributed by atoms with van der Waals surface area (Å²) >= 11 is 2.87. The number of carbonyl (C=O) groups is 2. The second kappa shape index (κ2) is 8.35. The number of thioether (sulfide) groups is 1. The molecule has 0 fully saturated rings. The molecule has 6 nitrogen and oxygen atoms in total. The Labute approximate surface area is 144 Å². The third-order valence-electron chi connectivity index (χ3n) is 3.26. The first kappa shape index (κ1) is 17.8. The maximum atomic E-state index is 12.2. The number of nitrogens with one attached hydrogen (secondary N) is 2. The summed E-state index contributed by atoms with van der Waals surface area (Å²) in [4.78, 5) is 26.4. The van der Waals surface area contributed by atoms with E-state index in [2.05, 4.69) is 12.2 Å². The van der Waals surface area contributed by atoms with Gasteiger partial charge < -0.3 is 15.0 Å². The predicted octanol–water partition coefficient (Wildman–Crippen LogP) is 2.46. The van der Waals surface area contributed by atoms with E-state index in [1.807, 2.05) is 6.92 Å². The van der Waals surface area contributed by atoms with E-state index in [1.165, 1.54) is 28.0 Å². The van der Waals surface area contributed by atoms with Crippen molar-refractivity contribution >= 4 is 46.5 Å². The van der Waals surface area contributed by atoms with Crippen LogP contribution in [0, 0.1) is 5.41 Å². The van der Waals surface area contributed by atoms with Gasteiger partial charge in [-0.25, -0.2) is 0 Å². The highest BCUT2D eigenvalue weighted by molar-refractivity contribution is 8.02. The minimum atomic E-state index is -0.155. The van der Waals surface area contributed by atoms with Gasteiger partial charge in [0, 0.05) is 6.54 Å². The smallest absolute Gasteiger partial charge is 0.240 e. The van der Waals surface area contributed by atoms with Gasteiger partial charge in [0.25, 0.3) is 0 Å². The molecular weight excluding hydrogens is 334 g/mol. The molecular formula is C15H21N3O3S2. The highest BCUT2D eigenvalue weighted by Gasteiger charge is 2.29. The van der Waals surface area contributed by atoms with Gasteiger partial charge in [0.2, 0.25) is 17.7 Å². The number of rotatable bonds is 7. The predicted molar refractivity (Wildman–Crippen MR) is 93.8 cm³/mol. The SMILES string of the molecule is CCCCNC(=O)CN1C(=O)CSc2sc(C(=N)OCC)cc21. The van der Waals surface area contributed by atoms with E-state index >= 15 is 0 Å². The highest BCUT2D eigenvalue weighted by Crippen LogP contribution is 2.42. The van der Waals surface area contributed by atoms with Crippen molar-refractivity contribution in [2.24, 2.45) is 0 Å². The number of anilines is 1. The number of ether oxygens (including phenoxy) is 1. The third kappa shape index (κ3) is 4.48. The molecule has 0 atom stereocenters. The Bertz CT molecular complexity index is 601. The van der Waals surface area contributed by atoms with E-state index in [9.17, 15) is 9.59 Å². The van der Waals surface area contributed by atoms with E-state index in [0.29, 0.717) is 29.5 Å². The first-order valence-electron chi connectivity index (χ1n) is 7.62. The van der Waals surface area contributed by atoms with Gasteiger partial charge in [-0.05, 0) is 19.4 Å². The fourth-order valence-electron chi connectivity index (χ4n) is 2.10. The van der Waals surface area contributed by atoms with Gasteiger partial charge in [0.1, 0.15) is 6.54 Å². The molecule has 1 aromatic heterocycles. The Balaban J connectivity index is 2.11. The third-order valence-corrected chi connectivity index (χ3v) is 5.65. The molecule has 2 N–H and O–H groups in total. The van der Waals surface area contributed by atoms with Crippen LogP contribution < -0.4 is 10.2 Å². The highest BCUT2D eigenvalue weighted by atomic mass is 32.2. The zero-order chi connectivity index (χ0) is 16.8. The normalized spacial score (nSPS) is 13.7. The molecule has 0 aliphatic carbocycles. The minimum absolute atomic E-state index is 0.0221. The lowest BCUT2D eigenvalue weighted by molar-refractivity contribution is -0.122. The molecule has 1 aromatic rings. The maximum absolute atomic E-state index is 12.2. The second-order valence-electron chi connectivity index (χ2n) is 5.02. The van der Waals surface area contributed by atoms with Gasteiger partial charge in [-0.3, -0.25) is 15.0 Å². The fraction of sp³-hybridized carbons (Fsp3) is 0.533. The number of hydrogen-bond acceptors (Lipinski definition) is 6. The maximum Gasteiger partial charge on any atom is 0.240 e. The number of carbonyl (C=O) groups excluding carboxylic acids is 2. The number of fused-ring (bicyclic) bond motifs is 1. The zero-order valence-corrected chi connectivity index (χ0v) is 14.9. The summed E-state index contributed by atoms with van der Waals surface area (Å²) in [5, 5.41) is 10.7. The van der Waals surface area contributed by atoms with Crippen LogP contribution in [0.3, 0.4) is 0 Å². The van der Waals surface area contributed by atoms with Crippen molar-refractivity contribution in [1.29, 1.82) is 5.41 Å². The molecule has 2 heterocycles. The lowest BCUT2D eigenvalue weighted by Crippen LogP contribution is -2.43. The zero-order valence-electron chi connectivity index (χ0n) is 13.3. The number of amides is 2. The van der Waals surface area contributed by atoms with Gasteiger partial charge in [-0.1, -0.05) is 13.3 Å². The Morgan fingerprint density at radius 1 is 1.48 bits per heavy atom. The summed E-state index contributed by atoms with van der Waals surface area (Å²) in [7, 11) is 0. The number of hydrogen-bond donors (Lipinski definition) is 2. The average Bonchev–Trinajstić information content (AvgIpc) is 2.95. The Morgan fingerprint density at radius 2 is 2.26 bits per heavy atom. The van der Waals surface area contributed by atoms with Gasteiger partial charge in [-0.15, -0.1) is 23.1 Å². The van der Waals surface area contributed by atoms with Gasteiger partial charge in [0.05, 0.1) is 27.1 Å². The Hall–Kier alpha value is -1.54. The molecule has 0 bridgehead atoms. The Morgan fingerprint density at radius 3 is 2.96 bits per heavy atom. The first-order valence-corrected chi connectivity index (χ1v) is 9.42. The summed E-state index contributed by atoms with van der Waals surface area (Å²) in [5.74, 6) is 0.182. The molecule has 8 heteroatoms. The van der Waals surface area contributed by atoms with E-state index < -0.39 is 0 Å². The average molecular weight is 355 g/mol. The van der Waals surface area contributed by atoms with Crippen molar-refractivity contribution in [1.82, 2.24) is 5.32 Å². The molecule has 2 amide bonds. The summed E-state index contributed by atoms with van der Waals surface area (Å²) in [6, 6.07) is 1.77. The molecule has 0 saturated carbocycles. The van der Waals surface area contributed by atoms with Crippen LogP contribution in [-0.4, -0.2) is 43.2 Å². The number of thiophene rings is 1. The molecule has 0 unspecified atom stereocenters. The van der Waals surface area contributed by atoms with Crippen molar-refractivity contribution in [2.75, 3.05) is 30.3 Å². The fourth-order valence-corrected chi connectivity index (χ4v) is 4.31. The van der Waals surface area contributed by atoms with Crippen molar-refractivity contribution in [3.63, 3.8) is 0 Å². The molecule has 2 rings (SSSR count). The molecule has 0 radical (unpaired) electrons. The summed E-state index contributed by atoms with van der Waals surface area (Å²) in [5.41, 5.74) is 0.710. The van der Waals surface area contributed by atoms with Gasteiger partial charge in [0.15, 0.2) is 0 Å². The first-order chi connectivity index (χ1) is 11.1. The van der Waals surface area contributed by atoms with Crippen LogP contribution >= 0.6 is 23.1 Å². The van der Waals surface area contributed by atoms with Crippen molar-refractivity contribution in [3.05, 3.63) is 10.9 Å². The molecule has 0 saturated heterocycles. The topological polar surface area (TPSA) is 82.5 Å². The van der Waals surface area contributed by atoms with Crippen LogP contribution in [0.2, 0.25) is 0 Å². The van der Waals surface area contributed by atoms with Crippen molar-refractivity contribution in [2.45, 2.75) is 30.9 Å². The van der Waals surface area contributed by atoms with Gasteiger partial charge in [-0.2, -0.15) is 0 Å². The van der Waals surface area contributed by atoms with E-state index in [1.54, 1.807) is 6.07 Å². The summed E-state index contributed by atoms with van der Waals surface area (Å²) < 4.78 is 6.17. The lowest BCUT2D eigenvalue weighted by atomic mass is 10.3. The van der Waals surface area contributed by atoms with Crippen LogP contribution in [0.4, 0.5) is 5.69 Å². The largest absolute Gasteiger partial charge is 0.477 e. The number of unbranched alkanes of at least 4 members (excludes halogenated alkanes) is 1. The van der Waals surface area contributed by atoms with Crippen LogP contribution in [0.15, 0.2) is 10.3 Å². The molecule has 23 heavy (non-hydrogen) atoms. The van der Waals surface area contributed by atoms with Crippen LogP contribution in [0.1, 0.15) is 31.6 Å². The van der Waals surface area contributed by atoms with Crippen molar-refractivity contribution < 1.29 is 14.3 Å². The van der Waals surface area contributed by atoms with Crippen LogP contribution in [-0.2, 0) is 14.3 Å². The van der Waals surface area contributed by atoms with Crippen molar-refractivity contribution in [3.8, 4) is 0 Å². The summed E-state index contributed by atoms with van der Waals surface area (Å²) in [6.07, 6.45) is 1.94. The Kier molecular flexibility index (Phi) is 6.47. The minimum Gasteiger partial charge on any atom is -0.477 e. The summed E-state index contributed by atoms with van der Waals surface area (Å²) in [6.45, 7) is 4.96.